The number of carbonyl (C=O) groups excluding carboxylic acids is 3. The van der Waals surface area contributed by atoms with Gasteiger partial charge in [-0.15, -0.1) is 0 Å². The van der Waals surface area contributed by atoms with E-state index < -0.39 is 54.5 Å². The lowest BCUT2D eigenvalue weighted by Gasteiger charge is -2.26. The van der Waals surface area contributed by atoms with Crippen LogP contribution in [0.3, 0.4) is 0 Å². The van der Waals surface area contributed by atoms with Crippen LogP contribution < -0.4 is 21.7 Å². The number of aliphatic hydroxyl groups excluding tert-OH is 1. The Morgan fingerprint density at radius 1 is 0.969 bits per heavy atom. The lowest BCUT2D eigenvalue weighted by Crippen LogP contribution is -2.59. The molecule has 1 aromatic carbocycles. The van der Waals surface area contributed by atoms with Crippen LogP contribution >= 0.6 is 0 Å². The van der Waals surface area contributed by atoms with Crippen LogP contribution in [0.1, 0.15) is 32.8 Å². The van der Waals surface area contributed by atoms with Crippen molar-refractivity contribution in [2.24, 2.45) is 11.7 Å². The average molecular weight is 453 g/mol. The van der Waals surface area contributed by atoms with Gasteiger partial charge in [0.25, 0.3) is 0 Å². The molecule has 32 heavy (non-hydrogen) atoms. The highest BCUT2D eigenvalue weighted by molar-refractivity contribution is 5.94. The van der Waals surface area contributed by atoms with E-state index in [9.17, 15) is 29.4 Å². The predicted molar refractivity (Wildman–Crippen MR) is 115 cm³/mol. The van der Waals surface area contributed by atoms with Gasteiger partial charge in [-0.3, -0.25) is 19.2 Å². The molecular formula is C21H32N4O7. The lowest BCUT2D eigenvalue weighted by atomic mass is 10.0. The van der Waals surface area contributed by atoms with Crippen molar-refractivity contribution in [3.63, 3.8) is 0 Å². The molecule has 1 rings (SSSR count). The molecule has 178 valence electrons. The van der Waals surface area contributed by atoms with E-state index in [-0.39, 0.29) is 24.5 Å². The van der Waals surface area contributed by atoms with E-state index in [0.29, 0.717) is 0 Å². The van der Waals surface area contributed by atoms with Gasteiger partial charge in [0, 0.05) is 0 Å². The zero-order chi connectivity index (χ0) is 24.4. The van der Waals surface area contributed by atoms with Gasteiger partial charge < -0.3 is 37.0 Å². The highest BCUT2D eigenvalue weighted by atomic mass is 16.4. The van der Waals surface area contributed by atoms with Gasteiger partial charge in [0.2, 0.25) is 17.7 Å². The Morgan fingerprint density at radius 3 is 2.06 bits per heavy atom. The molecule has 0 saturated carbocycles. The second-order valence-electron chi connectivity index (χ2n) is 8.01. The van der Waals surface area contributed by atoms with Gasteiger partial charge in [-0.2, -0.15) is 0 Å². The van der Waals surface area contributed by atoms with Crippen LogP contribution in [-0.2, 0) is 25.6 Å². The number of carboxylic acid groups (broad SMARTS) is 1. The van der Waals surface area contributed by atoms with Gasteiger partial charge in [-0.1, -0.05) is 26.0 Å². The van der Waals surface area contributed by atoms with Crippen molar-refractivity contribution < 1.29 is 34.5 Å². The average Bonchev–Trinajstić information content (AvgIpc) is 2.70. The summed E-state index contributed by atoms with van der Waals surface area (Å²) in [6.45, 7) is 4.29. The van der Waals surface area contributed by atoms with Crippen molar-refractivity contribution in [2.45, 2.75) is 57.8 Å². The number of aromatic hydroxyl groups is 1. The van der Waals surface area contributed by atoms with E-state index in [0.717, 1.165) is 5.56 Å². The van der Waals surface area contributed by atoms with E-state index in [1.807, 2.05) is 13.8 Å². The van der Waals surface area contributed by atoms with Gasteiger partial charge in [-0.25, -0.2) is 0 Å². The van der Waals surface area contributed by atoms with Crippen LogP contribution in [0.5, 0.6) is 5.75 Å². The molecule has 0 radical (unpaired) electrons. The predicted octanol–water partition coefficient (Wildman–Crippen LogP) is -1.14. The Labute approximate surface area is 186 Å². The van der Waals surface area contributed by atoms with Crippen LogP contribution in [0.4, 0.5) is 0 Å². The summed E-state index contributed by atoms with van der Waals surface area (Å²) >= 11 is 0. The molecule has 11 heteroatoms. The second-order valence-corrected chi connectivity index (χ2v) is 8.01. The molecule has 3 amide bonds. The molecule has 0 aliphatic carbocycles. The minimum absolute atomic E-state index is 0.00482. The summed E-state index contributed by atoms with van der Waals surface area (Å²) in [6, 6.07) is 2.81. The van der Waals surface area contributed by atoms with Gasteiger partial charge in [0.15, 0.2) is 0 Å². The van der Waals surface area contributed by atoms with Crippen molar-refractivity contribution >= 4 is 23.7 Å². The van der Waals surface area contributed by atoms with Crippen molar-refractivity contribution in [1.29, 1.82) is 0 Å². The largest absolute Gasteiger partial charge is 0.508 e. The molecule has 11 nitrogen and oxygen atoms in total. The number of carboxylic acids is 1. The van der Waals surface area contributed by atoms with Gasteiger partial charge in [0.05, 0.1) is 12.1 Å². The smallest absolute Gasteiger partial charge is 0.322 e. The number of carbonyl (C=O) groups is 4. The molecule has 0 saturated heterocycles. The summed E-state index contributed by atoms with van der Waals surface area (Å²) < 4.78 is 0. The number of hydrogen-bond donors (Lipinski definition) is 7. The fourth-order valence-electron chi connectivity index (χ4n) is 2.89. The number of hydrogen-bond acceptors (Lipinski definition) is 7. The highest BCUT2D eigenvalue weighted by Crippen LogP contribution is 2.12. The molecule has 4 unspecified atom stereocenters. The summed E-state index contributed by atoms with van der Waals surface area (Å²) in [5, 5.41) is 34.9. The van der Waals surface area contributed by atoms with Gasteiger partial charge in [0.1, 0.15) is 24.4 Å². The summed E-state index contributed by atoms with van der Waals surface area (Å²) in [5.41, 5.74) is 6.69. The minimum Gasteiger partial charge on any atom is -0.508 e. The SMILES string of the molecule is CC(C)CC(NC(=O)C(N)Cc1ccc(O)cc1)C(=O)NC(C(=O)NCC(=O)O)C(C)O. The number of amides is 3. The number of phenols is 1. The van der Waals surface area contributed by atoms with E-state index in [1.165, 1.54) is 19.1 Å². The van der Waals surface area contributed by atoms with E-state index in [2.05, 4.69) is 16.0 Å². The Bertz CT molecular complexity index is 796. The Kier molecular flexibility index (Phi) is 10.6. The van der Waals surface area contributed by atoms with E-state index in [1.54, 1.807) is 12.1 Å². The monoisotopic (exact) mass is 452 g/mol. The number of benzene rings is 1. The first kappa shape index (κ1) is 26.9. The quantitative estimate of drug-likeness (QED) is 0.207. The van der Waals surface area contributed by atoms with E-state index in [4.69, 9.17) is 10.8 Å². The number of aliphatic carboxylic acids is 1. The number of rotatable bonds is 12. The summed E-state index contributed by atoms with van der Waals surface area (Å²) in [7, 11) is 0. The number of nitrogens with two attached hydrogens (primary N) is 1. The molecule has 8 N–H and O–H groups in total. The molecule has 1 aromatic rings. The maximum Gasteiger partial charge on any atom is 0.322 e. The van der Waals surface area contributed by atoms with Crippen LogP contribution in [-0.4, -0.2) is 69.8 Å². The normalized spacial score (nSPS) is 14.7. The van der Waals surface area contributed by atoms with E-state index >= 15 is 0 Å². The number of phenolic OH excluding ortho intramolecular Hbond substituents is 1. The second kappa shape index (κ2) is 12.6. The molecule has 4 atom stereocenters. The molecule has 0 aromatic heterocycles. The highest BCUT2D eigenvalue weighted by Gasteiger charge is 2.31. The molecule has 0 aliphatic rings. The molecular weight excluding hydrogens is 420 g/mol. The maximum absolute atomic E-state index is 12.8. The lowest BCUT2D eigenvalue weighted by molar-refractivity contribution is -0.139. The third-order valence-electron chi connectivity index (χ3n) is 4.55. The van der Waals surface area contributed by atoms with Crippen LogP contribution in [0.2, 0.25) is 0 Å². The van der Waals surface area contributed by atoms with Crippen molar-refractivity contribution in [1.82, 2.24) is 16.0 Å². The Hall–Kier alpha value is -3.18. The Morgan fingerprint density at radius 2 is 1.56 bits per heavy atom. The zero-order valence-corrected chi connectivity index (χ0v) is 18.4. The third kappa shape index (κ3) is 9.31. The molecule has 0 bridgehead atoms. The maximum atomic E-state index is 12.8. The van der Waals surface area contributed by atoms with Crippen LogP contribution in [0.15, 0.2) is 24.3 Å². The van der Waals surface area contributed by atoms with Crippen LogP contribution in [0.25, 0.3) is 0 Å². The molecule has 0 spiro atoms. The van der Waals surface area contributed by atoms with Crippen LogP contribution in [0, 0.1) is 5.92 Å². The van der Waals surface area contributed by atoms with Crippen molar-refractivity contribution in [2.75, 3.05) is 6.54 Å². The molecule has 0 fully saturated rings. The summed E-state index contributed by atoms with van der Waals surface area (Å²) in [6.07, 6.45) is -0.886. The number of aliphatic hydroxyl groups is 1. The fraction of sp³-hybridized carbons (Fsp3) is 0.524. The van der Waals surface area contributed by atoms with Gasteiger partial charge in [-0.05, 0) is 43.4 Å². The molecule has 0 aliphatic heterocycles. The standard InChI is InChI=1S/C21H32N4O7/c1-11(2)8-16(20(31)25-18(12(3)26)21(32)23-10-17(28)29)24-19(30)15(22)9-13-4-6-14(27)7-5-13/h4-7,11-12,15-16,18,26-27H,8-10,22H2,1-3H3,(H,23,32)(H,24,30)(H,25,31)(H,28,29). The molecule has 0 heterocycles. The minimum atomic E-state index is -1.40. The summed E-state index contributed by atoms with van der Waals surface area (Å²) in [4.78, 5) is 48.2. The zero-order valence-electron chi connectivity index (χ0n) is 18.4. The Balaban J connectivity index is 2.84. The van der Waals surface area contributed by atoms with Crippen molar-refractivity contribution in [3.05, 3.63) is 29.8 Å². The first-order valence-corrected chi connectivity index (χ1v) is 10.2. The fourth-order valence-corrected chi connectivity index (χ4v) is 2.89. The topological polar surface area (TPSA) is 191 Å². The van der Waals surface area contributed by atoms with Gasteiger partial charge >= 0.3 is 5.97 Å². The first-order valence-electron chi connectivity index (χ1n) is 10.2. The van der Waals surface area contributed by atoms with Crippen molar-refractivity contribution in [3.8, 4) is 5.75 Å². The third-order valence-corrected chi connectivity index (χ3v) is 4.55. The number of nitrogens with one attached hydrogen (secondary N) is 3. The summed E-state index contributed by atoms with van der Waals surface area (Å²) in [5.74, 6) is -3.34. The first-order chi connectivity index (χ1) is 14.9.